The Labute approximate surface area is 154 Å². The van der Waals surface area contributed by atoms with E-state index in [0.29, 0.717) is 34.9 Å². The number of rotatable bonds is 4. The van der Waals surface area contributed by atoms with Gasteiger partial charge in [0, 0.05) is 10.0 Å². The van der Waals surface area contributed by atoms with Crippen LogP contribution in [-0.4, -0.2) is 23.3 Å². The molecule has 6 heteroatoms. The number of phenols is 1. The second-order valence-corrected chi connectivity index (χ2v) is 6.39. The van der Waals surface area contributed by atoms with Crippen LogP contribution in [0.2, 0.25) is 0 Å². The fourth-order valence-corrected chi connectivity index (χ4v) is 3.01. The van der Waals surface area contributed by atoms with Crippen molar-refractivity contribution in [3.8, 4) is 11.5 Å². The summed E-state index contributed by atoms with van der Waals surface area (Å²) in [4.78, 5) is 12.7. The molecule has 3 rings (SSSR count). The molecule has 0 spiro atoms. The number of halogens is 1. The predicted molar refractivity (Wildman–Crippen MR) is 102 cm³/mol. The Kier molecular flexibility index (Phi) is 4.90. The molecule has 0 radical (unpaired) electrons. The lowest BCUT2D eigenvalue weighted by atomic mass is 10.1. The molecule has 1 aliphatic rings. The predicted octanol–water partition coefficient (Wildman–Crippen LogP) is 4.36. The first-order valence-corrected chi connectivity index (χ1v) is 8.62. The van der Waals surface area contributed by atoms with Gasteiger partial charge < -0.3 is 9.84 Å². The number of carbonyl (C=O) groups is 1. The first kappa shape index (κ1) is 17.2. The summed E-state index contributed by atoms with van der Waals surface area (Å²) >= 11 is 3.40. The molecule has 1 aliphatic heterocycles. The molecule has 0 unspecified atom stereocenters. The van der Waals surface area contributed by atoms with Gasteiger partial charge in [0.05, 0.1) is 23.6 Å². The van der Waals surface area contributed by atoms with Crippen molar-refractivity contribution in [2.24, 2.45) is 5.10 Å². The van der Waals surface area contributed by atoms with Gasteiger partial charge in [0.1, 0.15) is 0 Å². The zero-order valence-corrected chi connectivity index (χ0v) is 15.4. The second kappa shape index (κ2) is 7.11. The summed E-state index contributed by atoms with van der Waals surface area (Å²) in [7, 11) is 0. The van der Waals surface area contributed by atoms with Gasteiger partial charge in [-0.05, 0) is 44.2 Å². The molecule has 0 aliphatic carbocycles. The van der Waals surface area contributed by atoms with Crippen LogP contribution in [0.3, 0.4) is 0 Å². The fraction of sp³-hybridized carbons (Fsp3) is 0.158. The van der Waals surface area contributed by atoms with Gasteiger partial charge in [-0.2, -0.15) is 10.1 Å². The van der Waals surface area contributed by atoms with Crippen LogP contribution in [0.15, 0.2) is 57.6 Å². The van der Waals surface area contributed by atoms with Gasteiger partial charge in [-0.1, -0.05) is 34.1 Å². The molecule has 1 amide bonds. The third kappa shape index (κ3) is 3.44. The molecule has 0 bridgehead atoms. The van der Waals surface area contributed by atoms with E-state index < -0.39 is 0 Å². The maximum absolute atomic E-state index is 12.7. The van der Waals surface area contributed by atoms with E-state index in [-0.39, 0.29) is 11.7 Å². The van der Waals surface area contributed by atoms with E-state index in [0.717, 1.165) is 4.47 Å². The first-order chi connectivity index (χ1) is 12.0. The molecule has 1 N–H and O–H groups in total. The summed E-state index contributed by atoms with van der Waals surface area (Å²) in [5.41, 5.74) is 2.21. The lowest BCUT2D eigenvalue weighted by Crippen LogP contribution is -2.21. The largest absolute Gasteiger partial charge is 0.504 e. The summed E-state index contributed by atoms with van der Waals surface area (Å²) in [5, 5.41) is 16.1. The van der Waals surface area contributed by atoms with Crippen LogP contribution in [0.5, 0.6) is 11.5 Å². The lowest BCUT2D eigenvalue weighted by molar-refractivity contribution is -0.114. The highest BCUT2D eigenvalue weighted by molar-refractivity contribution is 9.10. The van der Waals surface area contributed by atoms with E-state index >= 15 is 0 Å². The zero-order valence-electron chi connectivity index (χ0n) is 13.9. The van der Waals surface area contributed by atoms with Crippen molar-refractivity contribution in [3.63, 3.8) is 0 Å². The van der Waals surface area contributed by atoms with Crippen LogP contribution in [0.4, 0.5) is 5.69 Å². The van der Waals surface area contributed by atoms with Gasteiger partial charge in [0.15, 0.2) is 11.5 Å². The van der Waals surface area contributed by atoms with Gasteiger partial charge in [-0.3, -0.25) is 4.79 Å². The Morgan fingerprint density at radius 2 is 2.00 bits per heavy atom. The maximum Gasteiger partial charge on any atom is 0.280 e. The third-order valence-electron chi connectivity index (χ3n) is 3.73. The number of carbonyl (C=O) groups excluding carboxylic acids is 1. The number of benzene rings is 2. The standard InChI is InChI=1S/C19H17BrN2O3/c1-3-25-17-11-14(20)9-13(18(17)23)10-16-12(2)21-22(19(16)24)15-7-5-4-6-8-15/h4-11,23H,3H2,1-2H3. The Morgan fingerprint density at radius 3 is 2.68 bits per heavy atom. The van der Waals surface area contributed by atoms with Crippen molar-refractivity contribution in [1.82, 2.24) is 0 Å². The molecule has 2 aromatic carbocycles. The molecule has 1 heterocycles. The van der Waals surface area contributed by atoms with Crippen LogP contribution in [-0.2, 0) is 4.79 Å². The first-order valence-electron chi connectivity index (χ1n) is 7.83. The number of ether oxygens (including phenoxy) is 1. The third-order valence-corrected chi connectivity index (χ3v) is 4.19. The van der Waals surface area contributed by atoms with Crippen molar-refractivity contribution in [2.45, 2.75) is 13.8 Å². The van der Waals surface area contributed by atoms with Crippen LogP contribution < -0.4 is 9.75 Å². The number of para-hydroxylation sites is 1. The highest BCUT2D eigenvalue weighted by Gasteiger charge is 2.29. The van der Waals surface area contributed by atoms with E-state index in [4.69, 9.17) is 4.74 Å². The molecule has 0 saturated carbocycles. The van der Waals surface area contributed by atoms with Crippen molar-refractivity contribution in [2.75, 3.05) is 11.6 Å². The Balaban J connectivity index is 2.00. The number of hydrogen-bond acceptors (Lipinski definition) is 4. The maximum atomic E-state index is 12.7. The number of hydrazone groups is 1. The normalized spacial score (nSPS) is 15.6. The van der Waals surface area contributed by atoms with Crippen molar-refractivity contribution < 1.29 is 14.6 Å². The number of aromatic hydroxyl groups is 1. The summed E-state index contributed by atoms with van der Waals surface area (Å²) in [6, 6.07) is 12.6. The molecular weight excluding hydrogens is 384 g/mol. The lowest BCUT2D eigenvalue weighted by Gasteiger charge is -2.12. The summed E-state index contributed by atoms with van der Waals surface area (Å²) in [6.45, 7) is 4.04. The number of hydrogen-bond donors (Lipinski definition) is 1. The van der Waals surface area contributed by atoms with Crippen LogP contribution in [0.1, 0.15) is 19.4 Å². The van der Waals surface area contributed by atoms with Gasteiger partial charge in [0.2, 0.25) is 0 Å². The molecule has 2 aromatic rings. The molecular formula is C19H17BrN2O3. The van der Waals surface area contributed by atoms with Gasteiger partial charge in [-0.15, -0.1) is 0 Å². The fourth-order valence-electron chi connectivity index (χ4n) is 2.55. The molecule has 0 fully saturated rings. The van der Waals surface area contributed by atoms with Crippen molar-refractivity contribution >= 4 is 39.3 Å². The molecule has 0 saturated heterocycles. The summed E-state index contributed by atoms with van der Waals surface area (Å²) in [5.74, 6) is 0.126. The SMILES string of the molecule is CCOc1cc(Br)cc(C=C2C(=O)N(c3ccccc3)N=C2C)c1O. The smallest absolute Gasteiger partial charge is 0.280 e. The number of phenolic OH excluding ortho intramolecular Hbond substituents is 1. The van der Waals surface area contributed by atoms with Crippen LogP contribution in [0.25, 0.3) is 6.08 Å². The van der Waals surface area contributed by atoms with Crippen LogP contribution >= 0.6 is 15.9 Å². The van der Waals surface area contributed by atoms with Gasteiger partial charge in [0.25, 0.3) is 5.91 Å². The Morgan fingerprint density at radius 1 is 1.28 bits per heavy atom. The molecule has 128 valence electrons. The minimum absolute atomic E-state index is 0.00342. The second-order valence-electron chi connectivity index (χ2n) is 5.47. The molecule has 0 atom stereocenters. The van der Waals surface area contributed by atoms with Crippen molar-refractivity contribution in [3.05, 3.63) is 58.1 Å². The van der Waals surface area contributed by atoms with Gasteiger partial charge in [-0.25, -0.2) is 0 Å². The average molecular weight is 401 g/mol. The Hall–Kier alpha value is -2.60. The molecule has 25 heavy (non-hydrogen) atoms. The molecule has 0 aromatic heterocycles. The number of amides is 1. The minimum atomic E-state index is -0.235. The Bertz CT molecular complexity index is 876. The topological polar surface area (TPSA) is 62.1 Å². The quantitative estimate of drug-likeness (QED) is 0.775. The minimum Gasteiger partial charge on any atom is -0.504 e. The van der Waals surface area contributed by atoms with E-state index in [1.54, 1.807) is 25.1 Å². The summed E-state index contributed by atoms with van der Waals surface area (Å²) in [6.07, 6.45) is 1.63. The van der Waals surface area contributed by atoms with E-state index in [9.17, 15) is 9.90 Å². The average Bonchev–Trinajstić information content (AvgIpc) is 2.88. The number of anilines is 1. The van der Waals surface area contributed by atoms with E-state index in [1.807, 2.05) is 37.3 Å². The summed E-state index contributed by atoms with van der Waals surface area (Å²) < 4.78 is 6.18. The number of nitrogens with zero attached hydrogens (tertiary/aromatic N) is 2. The monoisotopic (exact) mass is 400 g/mol. The van der Waals surface area contributed by atoms with E-state index in [2.05, 4.69) is 21.0 Å². The highest BCUT2D eigenvalue weighted by atomic mass is 79.9. The zero-order chi connectivity index (χ0) is 18.0. The van der Waals surface area contributed by atoms with Gasteiger partial charge >= 0.3 is 0 Å². The van der Waals surface area contributed by atoms with Crippen LogP contribution in [0, 0.1) is 0 Å². The molecule has 5 nitrogen and oxygen atoms in total. The van der Waals surface area contributed by atoms with Crippen molar-refractivity contribution in [1.29, 1.82) is 0 Å². The van der Waals surface area contributed by atoms with E-state index in [1.165, 1.54) is 5.01 Å². The highest BCUT2D eigenvalue weighted by Crippen LogP contribution is 2.36.